The maximum atomic E-state index is 13.5. The number of aliphatic hydroxyl groups is 1. The van der Waals surface area contributed by atoms with Crippen LogP contribution in [-0.4, -0.2) is 38.0 Å². The van der Waals surface area contributed by atoms with E-state index in [4.69, 9.17) is 0 Å². The Balaban J connectivity index is 1.78. The molecule has 0 heterocycles. The van der Waals surface area contributed by atoms with Crippen LogP contribution in [0.4, 0.5) is 0 Å². The Hall–Kier alpha value is -1.70. The number of sulfone groups is 2. The van der Waals surface area contributed by atoms with Gasteiger partial charge in [-0.05, 0) is 55.9 Å². The molecule has 156 valence electrons. The summed E-state index contributed by atoms with van der Waals surface area (Å²) in [6, 6.07) is 16.3. The molecule has 5 nitrogen and oxygen atoms in total. The van der Waals surface area contributed by atoms with Crippen molar-refractivity contribution in [2.75, 3.05) is 0 Å². The minimum atomic E-state index is -3.88. The minimum absolute atomic E-state index is 0.0819. The summed E-state index contributed by atoms with van der Waals surface area (Å²) in [5, 5.41) is 9.58. The van der Waals surface area contributed by atoms with Crippen molar-refractivity contribution < 1.29 is 21.9 Å². The van der Waals surface area contributed by atoms with Crippen LogP contribution < -0.4 is 0 Å². The first-order valence-corrected chi connectivity index (χ1v) is 13.2. The fourth-order valence-electron chi connectivity index (χ4n) is 5.08. The van der Waals surface area contributed by atoms with Gasteiger partial charge in [0.2, 0.25) is 0 Å². The van der Waals surface area contributed by atoms with Crippen LogP contribution in [0, 0.1) is 5.92 Å². The van der Waals surface area contributed by atoms with E-state index < -0.39 is 35.8 Å². The molecule has 7 heteroatoms. The molecular formula is C22H26O5S2. The Kier molecular flexibility index (Phi) is 5.34. The second-order valence-corrected chi connectivity index (χ2v) is 12.6. The van der Waals surface area contributed by atoms with Crippen molar-refractivity contribution in [2.45, 2.75) is 64.4 Å². The van der Waals surface area contributed by atoms with E-state index in [9.17, 15) is 21.9 Å². The molecule has 2 fully saturated rings. The molecule has 2 saturated carbocycles. The van der Waals surface area contributed by atoms with Crippen molar-refractivity contribution in [3.8, 4) is 0 Å². The summed E-state index contributed by atoms with van der Waals surface area (Å²) in [5.41, 5.74) is -1.38. The summed E-state index contributed by atoms with van der Waals surface area (Å²) in [5.74, 6) is -0.336. The summed E-state index contributed by atoms with van der Waals surface area (Å²) in [6.07, 6.45) is 2.90. The van der Waals surface area contributed by atoms with E-state index in [-0.39, 0.29) is 22.1 Å². The van der Waals surface area contributed by atoms with E-state index >= 15 is 0 Å². The van der Waals surface area contributed by atoms with Crippen LogP contribution in [0.15, 0.2) is 70.5 Å². The van der Waals surface area contributed by atoms with Crippen molar-refractivity contribution in [2.24, 2.45) is 5.92 Å². The first kappa shape index (κ1) is 20.6. The summed E-state index contributed by atoms with van der Waals surface area (Å²) in [7, 11) is -7.57. The lowest BCUT2D eigenvalue weighted by Crippen LogP contribution is -2.59. The average Bonchev–Trinajstić information content (AvgIpc) is 2.73. The monoisotopic (exact) mass is 434 g/mol. The van der Waals surface area contributed by atoms with Gasteiger partial charge in [-0.1, -0.05) is 49.2 Å². The largest absolute Gasteiger partial charge is 0.388 e. The number of hydrogen-bond donors (Lipinski definition) is 1. The highest BCUT2D eigenvalue weighted by molar-refractivity contribution is 7.93. The molecule has 0 spiro atoms. The quantitative estimate of drug-likeness (QED) is 0.797. The molecule has 0 amide bonds. The van der Waals surface area contributed by atoms with Gasteiger partial charge in [-0.3, -0.25) is 0 Å². The van der Waals surface area contributed by atoms with E-state index in [2.05, 4.69) is 0 Å². The maximum Gasteiger partial charge on any atom is 0.184 e. The van der Waals surface area contributed by atoms with Crippen LogP contribution in [0.5, 0.6) is 0 Å². The zero-order chi connectivity index (χ0) is 20.7. The predicted octanol–water partition coefficient (Wildman–Crippen LogP) is 3.39. The van der Waals surface area contributed by atoms with Gasteiger partial charge in [0, 0.05) is 0 Å². The molecule has 2 aromatic rings. The molecule has 0 unspecified atom stereocenters. The first-order valence-electron chi connectivity index (χ1n) is 10.1. The Labute approximate surface area is 172 Å². The Morgan fingerprint density at radius 3 is 1.90 bits per heavy atom. The average molecular weight is 435 g/mol. The van der Waals surface area contributed by atoms with Gasteiger partial charge in [-0.2, -0.15) is 0 Å². The normalized spacial score (nSPS) is 30.4. The van der Waals surface area contributed by atoms with Gasteiger partial charge in [0.15, 0.2) is 19.7 Å². The highest BCUT2D eigenvalue weighted by Crippen LogP contribution is 2.49. The summed E-state index contributed by atoms with van der Waals surface area (Å²) < 4.78 is 53.6. The smallest absolute Gasteiger partial charge is 0.184 e. The van der Waals surface area contributed by atoms with Gasteiger partial charge in [-0.25, -0.2) is 16.8 Å². The third kappa shape index (κ3) is 3.53. The van der Waals surface area contributed by atoms with Crippen molar-refractivity contribution in [3.05, 3.63) is 60.7 Å². The molecule has 0 aliphatic heterocycles. The standard InChI is InChI=1S/C22H26O5S2/c23-22-14-8-7-9-17(22)15-20(28(24,25)18-10-3-1-4-11-18)16-21(22)29(26,27)19-12-5-2-6-13-19/h1-6,10-13,17,20-21,23H,7-9,14-16H2/t17-,20-,21+,22-/m1/s1. The molecule has 0 bridgehead atoms. The highest BCUT2D eigenvalue weighted by Gasteiger charge is 2.57. The molecule has 2 aromatic carbocycles. The molecule has 0 radical (unpaired) electrons. The van der Waals surface area contributed by atoms with E-state index in [0.717, 1.165) is 12.8 Å². The highest BCUT2D eigenvalue weighted by atomic mass is 32.2. The lowest BCUT2D eigenvalue weighted by Gasteiger charge is -2.50. The molecule has 29 heavy (non-hydrogen) atoms. The molecule has 4 rings (SSSR count). The zero-order valence-corrected chi connectivity index (χ0v) is 17.8. The SMILES string of the molecule is O=S(=O)(c1ccccc1)[C@@H]1C[C@H]2CCCC[C@]2(O)[C@@H](S(=O)(=O)c2ccccc2)C1. The topological polar surface area (TPSA) is 88.5 Å². The number of rotatable bonds is 4. The Morgan fingerprint density at radius 2 is 1.31 bits per heavy atom. The van der Waals surface area contributed by atoms with Crippen LogP contribution >= 0.6 is 0 Å². The fourth-order valence-corrected chi connectivity index (χ4v) is 9.25. The Morgan fingerprint density at radius 1 is 0.759 bits per heavy atom. The number of hydrogen-bond acceptors (Lipinski definition) is 5. The third-order valence-electron chi connectivity index (χ3n) is 6.63. The van der Waals surface area contributed by atoms with E-state index in [1.54, 1.807) is 48.5 Å². The maximum absolute atomic E-state index is 13.5. The molecule has 2 aliphatic carbocycles. The van der Waals surface area contributed by atoms with Gasteiger partial charge in [-0.15, -0.1) is 0 Å². The minimum Gasteiger partial charge on any atom is -0.388 e. The molecule has 1 N–H and O–H groups in total. The van der Waals surface area contributed by atoms with Gasteiger partial charge in [0.05, 0.1) is 25.9 Å². The van der Waals surface area contributed by atoms with Crippen LogP contribution in [0.3, 0.4) is 0 Å². The number of fused-ring (bicyclic) bond motifs is 1. The zero-order valence-electron chi connectivity index (χ0n) is 16.1. The predicted molar refractivity (Wildman–Crippen MR) is 111 cm³/mol. The first-order chi connectivity index (χ1) is 13.8. The molecule has 4 atom stereocenters. The molecule has 0 saturated heterocycles. The van der Waals surface area contributed by atoms with Gasteiger partial charge in [0.25, 0.3) is 0 Å². The van der Waals surface area contributed by atoms with Crippen LogP contribution in [0.25, 0.3) is 0 Å². The van der Waals surface area contributed by atoms with E-state index in [1.807, 2.05) is 0 Å². The van der Waals surface area contributed by atoms with Crippen LogP contribution in [-0.2, 0) is 19.7 Å². The molecule has 2 aliphatic rings. The fraction of sp³-hybridized carbons (Fsp3) is 0.455. The molecule has 0 aromatic heterocycles. The number of benzene rings is 2. The van der Waals surface area contributed by atoms with Crippen molar-refractivity contribution in [1.29, 1.82) is 0 Å². The van der Waals surface area contributed by atoms with Crippen LogP contribution in [0.2, 0.25) is 0 Å². The van der Waals surface area contributed by atoms with Gasteiger partial charge in [0.1, 0.15) is 0 Å². The lowest BCUT2D eigenvalue weighted by molar-refractivity contribution is -0.0699. The van der Waals surface area contributed by atoms with Crippen molar-refractivity contribution >= 4 is 19.7 Å². The van der Waals surface area contributed by atoms with E-state index in [0.29, 0.717) is 19.3 Å². The van der Waals surface area contributed by atoms with Gasteiger partial charge >= 0.3 is 0 Å². The lowest BCUT2D eigenvalue weighted by atomic mass is 9.67. The second-order valence-electron chi connectivity index (χ2n) is 8.23. The van der Waals surface area contributed by atoms with Crippen molar-refractivity contribution in [3.63, 3.8) is 0 Å². The van der Waals surface area contributed by atoms with Gasteiger partial charge < -0.3 is 5.11 Å². The second kappa shape index (κ2) is 7.52. The van der Waals surface area contributed by atoms with Crippen LogP contribution in [0.1, 0.15) is 38.5 Å². The summed E-state index contributed by atoms with van der Waals surface area (Å²) in [4.78, 5) is 0.350. The van der Waals surface area contributed by atoms with E-state index in [1.165, 1.54) is 12.1 Å². The molecular weight excluding hydrogens is 408 g/mol. The summed E-state index contributed by atoms with van der Waals surface area (Å²) in [6.45, 7) is 0. The third-order valence-corrected chi connectivity index (χ3v) is 11.1. The Bertz CT molecular complexity index is 1060. The van der Waals surface area contributed by atoms with Crippen molar-refractivity contribution in [1.82, 2.24) is 0 Å². The summed E-state index contributed by atoms with van der Waals surface area (Å²) >= 11 is 0.